The van der Waals surface area contributed by atoms with Gasteiger partial charge in [-0.05, 0) is 19.1 Å². The fourth-order valence-corrected chi connectivity index (χ4v) is 2.95. The molecule has 118 valence electrons. The van der Waals surface area contributed by atoms with Gasteiger partial charge in [0.05, 0.1) is 6.61 Å². The minimum Gasteiger partial charge on any atom is -0.465 e. The van der Waals surface area contributed by atoms with Crippen LogP contribution in [0.5, 0.6) is 0 Å². The highest BCUT2D eigenvalue weighted by molar-refractivity contribution is 6.36. The summed E-state index contributed by atoms with van der Waals surface area (Å²) in [6.45, 7) is 2.21. The van der Waals surface area contributed by atoms with Crippen LogP contribution in [-0.2, 0) is 16.1 Å². The number of esters is 1. The molecule has 0 atom stereocenters. The molecule has 0 aliphatic heterocycles. The molecule has 4 nitrogen and oxygen atoms in total. The molecule has 0 N–H and O–H groups in total. The van der Waals surface area contributed by atoms with E-state index >= 15 is 0 Å². The number of aromatic nitrogens is 2. The number of hydrogen-bond donors (Lipinski definition) is 0. The van der Waals surface area contributed by atoms with Crippen LogP contribution in [0.2, 0.25) is 10.0 Å². The molecule has 3 aromatic rings. The second-order valence-electron chi connectivity index (χ2n) is 5.00. The van der Waals surface area contributed by atoms with Gasteiger partial charge in [-0.1, -0.05) is 47.5 Å². The molecule has 2 aromatic carbocycles. The molecule has 0 saturated heterocycles. The zero-order chi connectivity index (χ0) is 16.4. The first kappa shape index (κ1) is 15.8. The van der Waals surface area contributed by atoms with Gasteiger partial charge < -0.3 is 4.74 Å². The lowest BCUT2D eigenvalue weighted by Crippen LogP contribution is -2.13. The highest BCUT2D eigenvalue weighted by Gasteiger charge is 2.12. The van der Waals surface area contributed by atoms with E-state index < -0.39 is 0 Å². The smallest absolute Gasteiger partial charge is 0.327 e. The van der Waals surface area contributed by atoms with Crippen molar-refractivity contribution in [2.24, 2.45) is 0 Å². The Hall–Kier alpha value is -2.04. The minimum atomic E-state index is -0.314. The Kier molecular flexibility index (Phi) is 4.55. The zero-order valence-electron chi connectivity index (χ0n) is 12.4. The van der Waals surface area contributed by atoms with Gasteiger partial charge in [0.25, 0.3) is 0 Å². The van der Waals surface area contributed by atoms with Crippen LogP contribution in [0.15, 0.2) is 42.6 Å². The van der Waals surface area contributed by atoms with E-state index in [-0.39, 0.29) is 12.5 Å². The maximum Gasteiger partial charge on any atom is 0.327 e. The number of ether oxygens (including phenoxy) is 1. The first-order valence-electron chi connectivity index (χ1n) is 7.15. The SMILES string of the molecule is CCOC(=O)Cn1cc2cccc(-c3ccc(Cl)cc3Cl)c2n1. The van der Waals surface area contributed by atoms with E-state index in [1.807, 2.05) is 30.5 Å². The van der Waals surface area contributed by atoms with E-state index in [9.17, 15) is 4.79 Å². The van der Waals surface area contributed by atoms with Crippen LogP contribution in [-0.4, -0.2) is 22.4 Å². The van der Waals surface area contributed by atoms with Crippen LogP contribution < -0.4 is 0 Å². The van der Waals surface area contributed by atoms with E-state index in [2.05, 4.69) is 5.10 Å². The molecule has 0 spiro atoms. The van der Waals surface area contributed by atoms with E-state index in [1.54, 1.807) is 23.7 Å². The predicted octanol–water partition coefficient (Wildman–Crippen LogP) is 4.57. The highest BCUT2D eigenvalue weighted by Crippen LogP contribution is 2.34. The monoisotopic (exact) mass is 348 g/mol. The lowest BCUT2D eigenvalue weighted by molar-refractivity contribution is -0.144. The quantitative estimate of drug-likeness (QED) is 0.648. The Bertz CT molecular complexity index is 874. The molecule has 0 aliphatic carbocycles. The molecule has 1 heterocycles. The molecule has 0 amide bonds. The molecular formula is C17H14Cl2N2O2. The third-order valence-corrected chi connectivity index (χ3v) is 3.95. The van der Waals surface area contributed by atoms with Gasteiger partial charge in [-0.2, -0.15) is 5.10 Å². The van der Waals surface area contributed by atoms with Crippen molar-refractivity contribution in [1.29, 1.82) is 0 Å². The largest absolute Gasteiger partial charge is 0.465 e. The van der Waals surface area contributed by atoms with Crippen molar-refractivity contribution in [2.45, 2.75) is 13.5 Å². The summed E-state index contributed by atoms with van der Waals surface area (Å²) < 4.78 is 6.53. The van der Waals surface area contributed by atoms with Crippen molar-refractivity contribution < 1.29 is 9.53 Å². The molecule has 0 saturated carbocycles. The first-order chi connectivity index (χ1) is 11.1. The molecule has 23 heavy (non-hydrogen) atoms. The van der Waals surface area contributed by atoms with Crippen molar-refractivity contribution in [1.82, 2.24) is 9.78 Å². The summed E-state index contributed by atoms with van der Waals surface area (Å²) in [6, 6.07) is 11.2. The molecule has 0 aliphatic rings. The Labute approximate surface area is 143 Å². The normalized spacial score (nSPS) is 10.9. The van der Waals surface area contributed by atoms with Crippen LogP contribution in [0.4, 0.5) is 0 Å². The maximum absolute atomic E-state index is 11.6. The van der Waals surface area contributed by atoms with Gasteiger partial charge in [-0.25, -0.2) is 0 Å². The standard InChI is InChI=1S/C17H14Cl2N2O2/c1-2-23-16(22)10-21-9-11-4-3-5-14(17(11)20-21)13-7-6-12(18)8-15(13)19/h3-9H,2,10H2,1H3. The Morgan fingerprint density at radius 3 is 2.78 bits per heavy atom. The zero-order valence-corrected chi connectivity index (χ0v) is 13.9. The van der Waals surface area contributed by atoms with E-state index in [4.69, 9.17) is 27.9 Å². The van der Waals surface area contributed by atoms with Crippen LogP contribution in [0.25, 0.3) is 22.0 Å². The fraction of sp³-hybridized carbons (Fsp3) is 0.176. The number of fused-ring (bicyclic) bond motifs is 1. The highest BCUT2D eigenvalue weighted by atomic mass is 35.5. The predicted molar refractivity (Wildman–Crippen MR) is 91.8 cm³/mol. The van der Waals surface area contributed by atoms with Crippen LogP contribution in [0.3, 0.4) is 0 Å². The number of carbonyl (C=O) groups is 1. The van der Waals surface area contributed by atoms with Crippen molar-refractivity contribution in [3.05, 3.63) is 52.6 Å². The molecule has 6 heteroatoms. The Balaban J connectivity index is 2.04. The lowest BCUT2D eigenvalue weighted by Gasteiger charge is -2.06. The van der Waals surface area contributed by atoms with Crippen molar-refractivity contribution >= 4 is 40.1 Å². The average Bonchev–Trinajstić information content (AvgIpc) is 2.90. The van der Waals surface area contributed by atoms with Crippen molar-refractivity contribution in [3.63, 3.8) is 0 Å². The number of rotatable bonds is 4. The summed E-state index contributed by atoms with van der Waals surface area (Å²) in [5.41, 5.74) is 2.52. The minimum absolute atomic E-state index is 0.0797. The van der Waals surface area contributed by atoms with Crippen LogP contribution in [0.1, 0.15) is 6.92 Å². The average molecular weight is 349 g/mol. The lowest BCUT2D eigenvalue weighted by atomic mass is 10.0. The molecular weight excluding hydrogens is 335 g/mol. The van der Waals surface area contributed by atoms with Gasteiger partial charge >= 0.3 is 5.97 Å². The van der Waals surface area contributed by atoms with Crippen LogP contribution in [0, 0.1) is 0 Å². The van der Waals surface area contributed by atoms with Gasteiger partial charge in [0.1, 0.15) is 12.1 Å². The summed E-state index contributed by atoms with van der Waals surface area (Å²) in [6.07, 6.45) is 1.82. The number of carbonyl (C=O) groups excluding carboxylic acids is 1. The Morgan fingerprint density at radius 2 is 2.04 bits per heavy atom. The first-order valence-corrected chi connectivity index (χ1v) is 7.91. The second kappa shape index (κ2) is 6.60. The van der Waals surface area contributed by atoms with E-state index in [1.165, 1.54) is 0 Å². The summed E-state index contributed by atoms with van der Waals surface area (Å²) in [5.74, 6) is -0.314. The Morgan fingerprint density at radius 1 is 1.22 bits per heavy atom. The summed E-state index contributed by atoms with van der Waals surface area (Å²) in [4.78, 5) is 11.6. The molecule has 0 radical (unpaired) electrons. The number of nitrogens with zero attached hydrogens (tertiary/aromatic N) is 2. The number of hydrogen-bond acceptors (Lipinski definition) is 3. The molecule has 0 fully saturated rings. The molecule has 1 aromatic heterocycles. The van der Waals surface area contributed by atoms with Gasteiger partial charge in [0.2, 0.25) is 0 Å². The van der Waals surface area contributed by atoms with Crippen molar-refractivity contribution in [2.75, 3.05) is 6.61 Å². The van der Waals surface area contributed by atoms with E-state index in [0.717, 1.165) is 22.0 Å². The van der Waals surface area contributed by atoms with Crippen molar-refractivity contribution in [3.8, 4) is 11.1 Å². The molecule has 3 rings (SSSR count). The number of benzene rings is 2. The van der Waals surface area contributed by atoms with E-state index in [0.29, 0.717) is 16.7 Å². The summed E-state index contributed by atoms with van der Waals surface area (Å²) in [7, 11) is 0. The van der Waals surface area contributed by atoms with Gasteiger partial charge in [-0.3, -0.25) is 9.48 Å². The molecule has 0 unspecified atom stereocenters. The second-order valence-corrected chi connectivity index (χ2v) is 5.84. The topological polar surface area (TPSA) is 44.1 Å². The fourth-order valence-electron chi connectivity index (χ4n) is 2.44. The number of halogens is 2. The van der Waals surface area contributed by atoms with Gasteiger partial charge in [-0.15, -0.1) is 0 Å². The van der Waals surface area contributed by atoms with Gasteiger partial charge in [0, 0.05) is 32.8 Å². The third kappa shape index (κ3) is 3.33. The van der Waals surface area contributed by atoms with Crippen LogP contribution >= 0.6 is 23.2 Å². The van der Waals surface area contributed by atoms with Gasteiger partial charge in [0.15, 0.2) is 0 Å². The summed E-state index contributed by atoms with van der Waals surface area (Å²) >= 11 is 12.3. The third-order valence-electron chi connectivity index (χ3n) is 3.40. The maximum atomic E-state index is 11.6. The summed E-state index contributed by atoms with van der Waals surface area (Å²) in [5, 5.41) is 6.57. The molecule has 0 bridgehead atoms.